The molecule has 0 spiro atoms. The van der Waals surface area contributed by atoms with Gasteiger partial charge in [0.1, 0.15) is 19.0 Å². The van der Waals surface area contributed by atoms with E-state index in [1.807, 2.05) is 12.1 Å². The molecule has 0 saturated heterocycles. The van der Waals surface area contributed by atoms with Crippen LogP contribution in [-0.4, -0.2) is 105 Å². The lowest BCUT2D eigenvalue weighted by atomic mass is 9.72. The zero-order valence-electron chi connectivity index (χ0n) is 30.2. The number of anilines is 1. The van der Waals surface area contributed by atoms with Gasteiger partial charge in [-0.2, -0.15) is 0 Å². The molecule has 51 heavy (non-hydrogen) atoms. The molecule has 1 aromatic carbocycles. The molecule has 5 N–H and O–H groups in total. The van der Waals surface area contributed by atoms with Gasteiger partial charge in [-0.15, -0.1) is 0 Å². The zero-order valence-corrected chi connectivity index (χ0v) is 31.0. The molecule has 15 heteroatoms. The highest BCUT2D eigenvalue weighted by molar-refractivity contribution is 8.00. The summed E-state index contributed by atoms with van der Waals surface area (Å²) in [6.45, 7) is 9.39. The Bertz CT molecular complexity index is 1360. The van der Waals surface area contributed by atoms with Crippen molar-refractivity contribution in [2.45, 2.75) is 64.7 Å². The highest BCUT2D eigenvalue weighted by atomic mass is 32.2. The number of aromatic nitrogens is 1. The van der Waals surface area contributed by atoms with Gasteiger partial charge in [-0.25, -0.2) is 9.78 Å². The second-order valence-corrected chi connectivity index (χ2v) is 14.2. The van der Waals surface area contributed by atoms with E-state index in [4.69, 9.17) is 24.1 Å². The summed E-state index contributed by atoms with van der Waals surface area (Å²) in [5.74, 6) is -1.73. The fraction of sp³-hybridized carbons (Fsp3) is 0.583. The molecule has 0 fully saturated rings. The third-order valence-electron chi connectivity index (χ3n) is 7.57. The Morgan fingerprint density at radius 2 is 1.47 bits per heavy atom. The van der Waals surface area contributed by atoms with Crippen LogP contribution in [0.15, 0.2) is 47.5 Å². The van der Waals surface area contributed by atoms with Crippen molar-refractivity contribution in [1.29, 1.82) is 0 Å². The zero-order chi connectivity index (χ0) is 37.5. The number of carbonyl (C=O) groups excluding carboxylic acids is 2. The number of carbonyl (C=O) groups is 4. The van der Waals surface area contributed by atoms with E-state index in [0.29, 0.717) is 30.9 Å². The van der Waals surface area contributed by atoms with Gasteiger partial charge in [-0.05, 0) is 86.7 Å². The number of pyridine rings is 1. The van der Waals surface area contributed by atoms with Crippen molar-refractivity contribution >= 4 is 41.5 Å². The number of rotatable bonds is 28. The Hall–Kier alpha value is -3.76. The number of nitrogens with one attached hydrogen (secondary N) is 3. The van der Waals surface area contributed by atoms with Crippen molar-refractivity contribution in [2.24, 2.45) is 10.8 Å². The van der Waals surface area contributed by atoms with Crippen molar-refractivity contribution in [1.82, 2.24) is 15.6 Å². The smallest absolute Gasteiger partial charge is 0.329 e. The van der Waals surface area contributed by atoms with Crippen LogP contribution in [0.25, 0.3) is 0 Å². The molecular weight excluding hydrogens is 680 g/mol. The second-order valence-electron chi connectivity index (χ2n) is 13.4. The minimum absolute atomic E-state index is 0.0359. The van der Waals surface area contributed by atoms with E-state index in [9.17, 15) is 24.3 Å². The van der Waals surface area contributed by atoms with E-state index in [0.717, 1.165) is 30.6 Å². The van der Waals surface area contributed by atoms with E-state index < -0.39 is 17.4 Å². The molecule has 2 rings (SSSR count). The molecule has 14 nitrogen and oxygen atoms in total. The number of carboxylic acids is 2. The first-order valence-corrected chi connectivity index (χ1v) is 17.9. The molecule has 2 amide bonds. The number of carboxylic acid groups (broad SMARTS) is 2. The van der Waals surface area contributed by atoms with Crippen molar-refractivity contribution in [3.05, 3.63) is 53.7 Å². The Kier molecular flexibility index (Phi) is 20.1. The topological polar surface area (TPSA) is 195 Å². The van der Waals surface area contributed by atoms with Crippen molar-refractivity contribution in [2.75, 3.05) is 70.7 Å². The van der Waals surface area contributed by atoms with Crippen LogP contribution in [0.1, 0.15) is 69.3 Å². The number of unbranched alkanes of at least 4 members (excludes halogenated alkanes) is 1. The molecule has 1 heterocycles. The number of aliphatic carboxylic acids is 2. The average molecular weight is 735 g/mol. The maximum atomic E-state index is 12.5. The predicted molar refractivity (Wildman–Crippen MR) is 194 cm³/mol. The van der Waals surface area contributed by atoms with Gasteiger partial charge >= 0.3 is 11.9 Å². The van der Waals surface area contributed by atoms with Crippen LogP contribution in [0.2, 0.25) is 0 Å². The first-order valence-electron chi connectivity index (χ1n) is 17.1. The van der Waals surface area contributed by atoms with Gasteiger partial charge in [0.05, 0.1) is 50.6 Å². The molecule has 284 valence electrons. The Balaban J connectivity index is 1.54. The van der Waals surface area contributed by atoms with E-state index in [1.165, 1.54) is 23.7 Å². The summed E-state index contributed by atoms with van der Waals surface area (Å²) >= 11 is 1.45. The van der Waals surface area contributed by atoms with Gasteiger partial charge in [0, 0.05) is 24.2 Å². The number of amides is 2. The van der Waals surface area contributed by atoms with Crippen LogP contribution in [0, 0.1) is 10.8 Å². The normalized spacial score (nSPS) is 11.6. The lowest BCUT2D eigenvalue weighted by molar-refractivity contribution is -0.148. The Labute approximate surface area is 304 Å². The van der Waals surface area contributed by atoms with Gasteiger partial charge in [-0.1, -0.05) is 32.4 Å². The number of hydrogen-bond donors (Lipinski definition) is 5. The van der Waals surface area contributed by atoms with Crippen LogP contribution in [0.3, 0.4) is 0 Å². The molecule has 0 aliphatic heterocycles. The monoisotopic (exact) mass is 734 g/mol. The van der Waals surface area contributed by atoms with Crippen LogP contribution in [-0.2, 0) is 39.8 Å². The average Bonchev–Trinajstić information content (AvgIpc) is 3.07. The fourth-order valence-corrected chi connectivity index (χ4v) is 5.87. The quantitative estimate of drug-likeness (QED) is 0.0609. The van der Waals surface area contributed by atoms with Crippen molar-refractivity contribution in [3.8, 4) is 0 Å². The third kappa shape index (κ3) is 20.0. The number of benzene rings is 1. The van der Waals surface area contributed by atoms with Gasteiger partial charge in [0.2, 0.25) is 5.91 Å². The number of hydrogen-bond acceptors (Lipinski definition) is 11. The minimum Gasteiger partial charge on any atom is -0.481 e. The molecule has 0 radical (unpaired) electrons. The van der Waals surface area contributed by atoms with E-state index in [-0.39, 0.29) is 70.1 Å². The summed E-state index contributed by atoms with van der Waals surface area (Å²) in [5, 5.41) is 23.3. The molecule has 0 bridgehead atoms. The first kappa shape index (κ1) is 43.4. The lowest BCUT2D eigenvalue weighted by Gasteiger charge is -2.32. The largest absolute Gasteiger partial charge is 0.481 e. The van der Waals surface area contributed by atoms with Gasteiger partial charge in [0.25, 0.3) is 5.91 Å². The number of ether oxygens (including phenoxy) is 4. The summed E-state index contributed by atoms with van der Waals surface area (Å²) in [4.78, 5) is 51.5. The van der Waals surface area contributed by atoms with Crippen LogP contribution >= 0.6 is 11.9 Å². The molecule has 1 aromatic heterocycles. The molecule has 0 atom stereocenters. The van der Waals surface area contributed by atoms with Crippen LogP contribution in [0.4, 0.5) is 5.82 Å². The van der Waals surface area contributed by atoms with Gasteiger partial charge in [0.15, 0.2) is 0 Å². The maximum Gasteiger partial charge on any atom is 0.329 e. The maximum absolute atomic E-state index is 12.5. The third-order valence-corrected chi connectivity index (χ3v) is 8.37. The second kappa shape index (κ2) is 23.7. The minimum atomic E-state index is -1.04. The summed E-state index contributed by atoms with van der Waals surface area (Å²) in [7, 11) is 0. The fourth-order valence-electron chi connectivity index (χ4n) is 5.17. The van der Waals surface area contributed by atoms with E-state index >= 15 is 0 Å². The first-order chi connectivity index (χ1) is 24.3. The molecular formula is C36H54N4O10S. The summed E-state index contributed by atoms with van der Waals surface area (Å²) in [6, 6.07) is 11.8. The lowest BCUT2D eigenvalue weighted by Crippen LogP contribution is -2.31. The van der Waals surface area contributed by atoms with Gasteiger partial charge < -0.3 is 44.5 Å². The van der Waals surface area contributed by atoms with Crippen LogP contribution < -0.4 is 15.4 Å². The van der Waals surface area contributed by atoms with E-state index in [2.05, 4.69) is 46.3 Å². The van der Waals surface area contributed by atoms with Crippen molar-refractivity contribution in [3.63, 3.8) is 0 Å². The van der Waals surface area contributed by atoms with E-state index in [1.54, 1.807) is 26.0 Å². The Morgan fingerprint density at radius 3 is 2.12 bits per heavy atom. The summed E-state index contributed by atoms with van der Waals surface area (Å²) in [5.41, 5.74) is 0.900. The van der Waals surface area contributed by atoms with Crippen LogP contribution in [0.5, 0.6) is 0 Å². The SMILES string of the molecule is CC(C)(CCCCc1cccc(SNc2ccc(C(=O)NCCOCCOCC(=O)NCCOCCOCC(=O)O)cn2)c1)CC(C)(C)C(=O)O. The molecule has 0 aliphatic rings. The molecule has 2 aromatic rings. The Morgan fingerprint density at radius 1 is 0.804 bits per heavy atom. The number of aryl methyl sites for hydroxylation is 1. The molecule has 0 aliphatic carbocycles. The van der Waals surface area contributed by atoms with Crippen molar-refractivity contribution < 1.29 is 48.3 Å². The highest BCUT2D eigenvalue weighted by Gasteiger charge is 2.34. The predicted octanol–water partition coefficient (Wildman–Crippen LogP) is 4.44. The standard InChI is InChI=1S/C36H54N4O10S/c1-35(2,26-36(3,4)34(45)46)13-6-5-8-27-9-7-10-29(22-27)51-40-30-12-11-28(23-39-30)33(44)38-15-17-48-18-20-49-24-31(41)37-14-16-47-19-21-50-25-32(42)43/h7,9-12,22-23H,5-6,8,13-21,24-26H2,1-4H3,(H,37,41)(H,38,44)(H,39,40)(H,42,43)(H,45,46). The summed E-state index contributed by atoms with van der Waals surface area (Å²) < 4.78 is 24.0. The molecule has 0 saturated carbocycles. The highest BCUT2D eigenvalue weighted by Crippen LogP contribution is 2.37. The number of nitrogens with zero attached hydrogens (tertiary/aromatic N) is 1. The van der Waals surface area contributed by atoms with Gasteiger partial charge in [-0.3, -0.25) is 14.4 Å². The summed E-state index contributed by atoms with van der Waals surface area (Å²) in [6.07, 6.45) is 6.14. The molecule has 0 unspecified atom stereocenters.